The van der Waals surface area contributed by atoms with Gasteiger partial charge in [-0.05, 0) is 32.6 Å². The lowest BCUT2D eigenvalue weighted by atomic mass is 10.1. The Morgan fingerprint density at radius 3 is 2.64 bits per heavy atom. The molecule has 0 aromatic carbocycles. The minimum Gasteiger partial charge on any atom is -0.306 e. The molecule has 0 saturated carbocycles. The summed E-state index contributed by atoms with van der Waals surface area (Å²) in [5, 5.41) is 0. The Hall–Kier alpha value is -0.890. The minimum absolute atomic E-state index is 0.620. The van der Waals surface area contributed by atoms with Crippen molar-refractivity contribution in [1.82, 2.24) is 9.88 Å². The van der Waals surface area contributed by atoms with E-state index in [0.717, 1.165) is 6.42 Å². The van der Waals surface area contributed by atoms with Crippen LogP contribution >= 0.6 is 0 Å². The number of aromatic nitrogens is 1. The van der Waals surface area contributed by atoms with Gasteiger partial charge in [-0.3, -0.25) is 4.98 Å². The summed E-state index contributed by atoms with van der Waals surface area (Å²) in [5.41, 5.74) is 1.19. The van der Waals surface area contributed by atoms with Crippen LogP contribution in [-0.4, -0.2) is 30.0 Å². The summed E-state index contributed by atoms with van der Waals surface area (Å²) < 4.78 is 0. The highest BCUT2D eigenvalue weighted by atomic mass is 15.1. The van der Waals surface area contributed by atoms with Crippen molar-refractivity contribution >= 4 is 0 Å². The van der Waals surface area contributed by atoms with E-state index in [-0.39, 0.29) is 0 Å². The molecule has 78 valence electrons. The third kappa shape index (κ3) is 3.46. The molecule has 1 aromatic heterocycles. The second-order valence-corrected chi connectivity index (χ2v) is 3.93. The van der Waals surface area contributed by atoms with Crippen LogP contribution in [0.5, 0.6) is 0 Å². The predicted molar refractivity (Wildman–Crippen MR) is 60.3 cm³/mol. The summed E-state index contributed by atoms with van der Waals surface area (Å²) in [6.45, 7) is 2.23. The molecule has 0 aliphatic carbocycles. The number of nitrogens with zero attached hydrogens (tertiary/aromatic N) is 2. The molecule has 2 heteroatoms. The molecule has 1 heterocycles. The Morgan fingerprint density at radius 1 is 1.36 bits per heavy atom. The van der Waals surface area contributed by atoms with Crippen LogP contribution in [0.1, 0.15) is 25.5 Å². The number of hydrogen-bond acceptors (Lipinski definition) is 2. The zero-order valence-electron chi connectivity index (χ0n) is 9.40. The molecule has 0 aliphatic rings. The highest BCUT2D eigenvalue weighted by molar-refractivity contribution is 5.05. The van der Waals surface area contributed by atoms with E-state index < -0.39 is 0 Å². The molecule has 1 unspecified atom stereocenters. The fraction of sp³-hybridized carbons (Fsp3) is 0.583. The fourth-order valence-corrected chi connectivity index (χ4v) is 1.64. The van der Waals surface area contributed by atoms with Crippen molar-refractivity contribution < 1.29 is 0 Å². The molecule has 0 radical (unpaired) electrons. The number of rotatable bonds is 5. The highest BCUT2D eigenvalue weighted by Gasteiger charge is 2.11. The van der Waals surface area contributed by atoms with Gasteiger partial charge in [0.1, 0.15) is 0 Å². The van der Waals surface area contributed by atoms with E-state index in [9.17, 15) is 0 Å². The molecular weight excluding hydrogens is 172 g/mol. The van der Waals surface area contributed by atoms with Gasteiger partial charge in [-0.1, -0.05) is 19.4 Å². The molecule has 0 bridgehead atoms. The average Bonchev–Trinajstić information content (AvgIpc) is 2.18. The lowest BCUT2D eigenvalue weighted by molar-refractivity contribution is 0.273. The Kier molecular flexibility index (Phi) is 4.60. The monoisotopic (exact) mass is 192 g/mol. The van der Waals surface area contributed by atoms with Crippen molar-refractivity contribution in [3.63, 3.8) is 0 Å². The first kappa shape index (κ1) is 11.2. The summed E-state index contributed by atoms with van der Waals surface area (Å²) in [6.07, 6.45) is 5.40. The van der Waals surface area contributed by atoms with Crippen LogP contribution in [0.3, 0.4) is 0 Å². The molecular formula is C12H20N2. The van der Waals surface area contributed by atoms with Crippen molar-refractivity contribution in [2.75, 3.05) is 14.1 Å². The highest BCUT2D eigenvalue weighted by Crippen LogP contribution is 2.09. The van der Waals surface area contributed by atoms with Crippen LogP contribution in [0, 0.1) is 0 Å². The summed E-state index contributed by atoms with van der Waals surface area (Å²) >= 11 is 0. The van der Waals surface area contributed by atoms with E-state index in [0.29, 0.717) is 6.04 Å². The molecule has 2 nitrogen and oxygen atoms in total. The summed E-state index contributed by atoms with van der Waals surface area (Å²) in [4.78, 5) is 6.65. The van der Waals surface area contributed by atoms with Gasteiger partial charge in [0.25, 0.3) is 0 Å². The van der Waals surface area contributed by atoms with Crippen LogP contribution in [-0.2, 0) is 6.42 Å². The smallest absolute Gasteiger partial charge is 0.0419 e. The zero-order valence-corrected chi connectivity index (χ0v) is 9.40. The van der Waals surface area contributed by atoms with Crippen LogP contribution in [0.2, 0.25) is 0 Å². The van der Waals surface area contributed by atoms with Crippen molar-refractivity contribution in [3.8, 4) is 0 Å². The van der Waals surface area contributed by atoms with Gasteiger partial charge >= 0.3 is 0 Å². The lowest BCUT2D eigenvalue weighted by Gasteiger charge is -2.23. The molecule has 1 rings (SSSR count). The first-order valence-electron chi connectivity index (χ1n) is 5.30. The minimum atomic E-state index is 0.620. The maximum Gasteiger partial charge on any atom is 0.0419 e. The van der Waals surface area contributed by atoms with Gasteiger partial charge in [0.2, 0.25) is 0 Å². The van der Waals surface area contributed by atoms with Gasteiger partial charge in [-0.2, -0.15) is 0 Å². The van der Waals surface area contributed by atoms with Gasteiger partial charge in [-0.25, -0.2) is 0 Å². The van der Waals surface area contributed by atoms with E-state index in [4.69, 9.17) is 0 Å². The maximum atomic E-state index is 4.36. The number of pyridine rings is 1. The van der Waals surface area contributed by atoms with E-state index in [1.54, 1.807) is 0 Å². The van der Waals surface area contributed by atoms with Gasteiger partial charge in [-0.15, -0.1) is 0 Å². The first-order valence-corrected chi connectivity index (χ1v) is 5.30. The van der Waals surface area contributed by atoms with E-state index >= 15 is 0 Å². The lowest BCUT2D eigenvalue weighted by Crippen LogP contribution is -2.30. The third-order valence-electron chi connectivity index (χ3n) is 2.52. The van der Waals surface area contributed by atoms with Gasteiger partial charge in [0.05, 0.1) is 0 Å². The van der Waals surface area contributed by atoms with Crippen LogP contribution < -0.4 is 0 Å². The van der Waals surface area contributed by atoms with E-state index in [1.165, 1.54) is 18.5 Å². The number of likely N-dealkylation sites (N-methyl/N-ethyl adjacent to an activating group) is 1. The van der Waals surface area contributed by atoms with E-state index in [1.807, 2.05) is 12.3 Å². The standard InChI is InChI=1S/C12H20N2/c1-4-7-12(14(2)3)10-11-8-5-6-9-13-11/h5-6,8-9,12H,4,7,10H2,1-3H3. The average molecular weight is 192 g/mol. The Morgan fingerprint density at radius 2 is 2.14 bits per heavy atom. The topological polar surface area (TPSA) is 16.1 Å². The van der Waals surface area contributed by atoms with Gasteiger partial charge in [0.15, 0.2) is 0 Å². The summed E-state index contributed by atoms with van der Waals surface area (Å²) in [7, 11) is 4.28. The van der Waals surface area contributed by atoms with E-state index in [2.05, 4.69) is 43.0 Å². The zero-order chi connectivity index (χ0) is 10.4. The molecule has 0 spiro atoms. The third-order valence-corrected chi connectivity index (χ3v) is 2.52. The maximum absolute atomic E-state index is 4.36. The Balaban J connectivity index is 2.55. The normalized spacial score (nSPS) is 13.1. The molecule has 0 fully saturated rings. The molecule has 0 N–H and O–H groups in total. The molecule has 0 aliphatic heterocycles. The van der Waals surface area contributed by atoms with Gasteiger partial charge in [0, 0.05) is 24.4 Å². The van der Waals surface area contributed by atoms with Crippen molar-refractivity contribution in [2.24, 2.45) is 0 Å². The molecule has 1 aromatic rings. The van der Waals surface area contributed by atoms with Crippen LogP contribution in [0.25, 0.3) is 0 Å². The van der Waals surface area contributed by atoms with Crippen LogP contribution in [0.15, 0.2) is 24.4 Å². The second-order valence-electron chi connectivity index (χ2n) is 3.93. The Bertz CT molecular complexity index is 244. The molecule has 0 amide bonds. The first-order chi connectivity index (χ1) is 6.74. The Labute approximate surface area is 87.0 Å². The number of hydrogen-bond donors (Lipinski definition) is 0. The van der Waals surface area contributed by atoms with Gasteiger partial charge < -0.3 is 4.90 Å². The largest absolute Gasteiger partial charge is 0.306 e. The molecule has 0 saturated heterocycles. The molecule has 14 heavy (non-hydrogen) atoms. The molecule has 1 atom stereocenters. The van der Waals surface area contributed by atoms with Crippen molar-refractivity contribution in [2.45, 2.75) is 32.2 Å². The van der Waals surface area contributed by atoms with Crippen molar-refractivity contribution in [1.29, 1.82) is 0 Å². The quantitative estimate of drug-likeness (QED) is 0.712. The summed E-state index contributed by atoms with van der Waals surface area (Å²) in [5.74, 6) is 0. The fourth-order valence-electron chi connectivity index (χ4n) is 1.64. The van der Waals surface area contributed by atoms with Crippen LogP contribution in [0.4, 0.5) is 0 Å². The summed E-state index contributed by atoms with van der Waals surface area (Å²) in [6, 6.07) is 6.75. The second kappa shape index (κ2) is 5.76. The van der Waals surface area contributed by atoms with Crippen molar-refractivity contribution in [3.05, 3.63) is 30.1 Å². The predicted octanol–water partition coefficient (Wildman–Crippen LogP) is 2.35. The SMILES string of the molecule is CCCC(Cc1ccccn1)N(C)C.